The monoisotopic (exact) mass is 464 g/mol. The first-order chi connectivity index (χ1) is 15.5. The van der Waals surface area contributed by atoms with Gasteiger partial charge in [0.15, 0.2) is 5.94 Å². The van der Waals surface area contributed by atoms with Crippen LogP contribution in [-0.2, 0) is 24.3 Å². The van der Waals surface area contributed by atoms with Crippen LogP contribution < -0.4 is 9.46 Å². The van der Waals surface area contributed by atoms with Gasteiger partial charge in [0.1, 0.15) is 5.75 Å². The van der Waals surface area contributed by atoms with Gasteiger partial charge in [-0.15, -0.1) is 0 Å². The molecule has 4 aliphatic heterocycles. The molecular formula is C23H32N2O6S. The summed E-state index contributed by atoms with van der Waals surface area (Å²) < 4.78 is 45.6. The maximum absolute atomic E-state index is 13.2. The molecule has 5 aliphatic rings. The summed E-state index contributed by atoms with van der Waals surface area (Å²) >= 11 is 0. The standard InChI is InChI=1S/C23H32N2O6S/c26-22-10-13-30-20-5-2-1-4-19(20)17-6-8-18(9-7-17)31-14-21-23(11-3-12-25(21)22)15-29-16-32(27,28)24-23/h1-2,4-5,17-18,21,24H,3,6-16H2. The number of carbonyl (C=O) groups is 1. The molecule has 1 amide bonds. The van der Waals surface area contributed by atoms with E-state index in [1.165, 1.54) is 5.56 Å². The second kappa shape index (κ2) is 8.93. The molecule has 4 heterocycles. The van der Waals surface area contributed by atoms with Crippen molar-refractivity contribution in [3.63, 3.8) is 0 Å². The highest BCUT2D eigenvalue weighted by Crippen LogP contribution is 2.39. The third-order valence-corrected chi connectivity index (χ3v) is 8.60. The molecule has 2 atom stereocenters. The van der Waals surface area contributed by atoms with Gasteiger partial charge in [0.2, 0.25) is 15.9 Å². The smallest absolute Gasteiger partial charge is 0.236 e. The predicted octanol–water partition coefficient (Wildman–Crippen LogP) is 2.15. The summed E-state index contributed by atoms with van der Waals surface area (Å²) in [5.41, 5.74) is 0.381. The molecule has 1 saturated carbocycles. The van der Waals surface area contributed by atoms with E-state index in [1.807, 2.05) is 18.2 Å². The maximum atomic E-state index is 13.2. The van der Waals surface area contributed by atoms with Crippen LogP contribution >= 0.6 is 0 Å². The Kier molecular flexibility index (Phi) is 6.17. The topological polar surface area (TPSA) is 94.2 Å². The number of benzene rings is 1. The highest BCUT2D eigenvalue weighted by atomic mass is 32.2. The molecule has 0 radical (unpaired) electrons. The van der Waals surface area contributed by atoms with Gasteiger partial charge in [-0.2, -0.15) is 0 Å². The second-order valence-electron chi connectivity index (χ2n) is 9.49. The molecule has 1 spiro atoms. The Hall–Kier alpha value is -1.68. The van der Waals surface area contributed by atoms with Crippen LogP contribution in [0.5, 0.6) is 5.75 Å². The van der Waals surface area contributed by atoms with Crippen molar-refractivity contribution in [3.8, 4) is 5.75 Å². The van der Waals surface area contributed by atoms with Crippen LogP contribution in [0, 0.1) is 0 Å². The summed E-state index contributed by atoms with van der Waals surface area (Å²) in [5.74, 6) is 0.915. The zero-order valence-corrected chi connectivity index (χ0v) is 19.1. The van der Waals surface area contributed by atoms with Crippen LogP contribution in [0.25, 0.3) is 0 Å². The number of amides is 1. The first kappa shape index (κ1) is 22.1. The fourth-order valence-corrected chi connectivity index (χ4v) is 7.11. The Labute approximate surface area is 189 Å². The van der Waals surface area contributed by atoms with Crippen LogP contribution in [0.3, 0.4) is 0 Å². The van der Waals surface area contributed by atoms with Gasteiger partial charge in [0.05, 0.1) is 43.9 Å². The number of ether oxygens (including phenoxy) is 3. The summed E-state index contributed by atoms with van der Waals surface area (Å²) in [5, 5.41) is 0. The van der Waals surface area contributed by atoms with Gasteiger partial charge in [0, 0.05) is 6.54 Å². The highest BCUT2D eigenvalue weighted by Gasteiger charge is 2.51. The largest absolute Gasteiger partial charge is 0.493 e. The molecular weight excluding hydrogens is 432 g/mol. The van der Waals surface area contributed by atoms with Crippen molar-refractivity contribution >= 4 is 15.9 Å². The molecule has 0 aromatic heterocycles. The molecule has 6 rings (SSSR count). The summed E-state index contributed by atoms with van der Waals surface area (Å²) in [6.07, 6.45) is 5.62. The molecule has 2 saturated heterocycles. The predicted molar refractivity (Wildman–Crippen MR) is 118 cm³/mol. The lowest BCUT2D eigenvalue weighted by Crippen LogP contribution is -2.71. The minimum Gasteiger partial charge on any atom is -0.493 e. The Bertz CT molecular complexity index is 942. The number of sulfonamides is 1. The molecule has 8 nitrogen and oxygen atoms in total. The second-order valence-corrected chi connectivity index (χ2v) is 11.2. The van der Waals surface area contributed by atoms with Gasteiger partial charge < -0.3 is 19.1 Å². The van der Waals surface area contributed by atoms with Crippen molar-refractivity contribution in [1.82, 2.24) is 9.62 Å². The van der Waals surface area contributed by atoms with E-state index in [-0.39, 0.29) is 31.0 Å². The van der Waals surface area contributed by atoms with Crippen LogP contribution in [0.15, 0.2) is 24.3 Å². The van der Waals surface area contributed by atoms with Crippen molar-refractivity contribution in [1.29, 1.82) is 0 Å². The average molecular weight is 465 g/mol. The van der Waals surface area contributed by atoms with Gasteiger partial charge in [0.25, 0.3) is 0 Å². The number of carbonyl (C=O) groups excluding carboxylic acids is 1. The van der Waals surface area contributed by atoms with E-state index in [0.717, 1.165) is 31.4 Å². The number of para-hydroxylation sites is 1. The quantitative estimate of drug-likeness (QED) is 0.632. The van der Waals surface area contributed by atoms with E-state index < -0.39 is 21.6 Å². The first-order valence-electron chi connectivity index (χ1n) is 11.7. The van der Waals surface area contributed by atoms with Gasteiger partial charge in [-0.1, -0.05) is 18.2 Å². The Morgan fingerprint density at radius 1 is 1.12 bits per heavy atom. The zero-order valence-electron chi connectivity index (χ0n) is 18.3. The third-order valence-electron chi connectivity index (χ3n) is 7.41. The number of hydrogen-bond donors (Lipinski definition) is 1. The average Bonchev–Trinajstić information content (AvgIpc) is 2.78. The Morgan fingerprint density at radius 3 is 2.75 bits per heavy atom. The molecule has 3 fully saturated rings. The number of nitrogens with zero attached hydrogens (tertiary/aromatic N) is 1. The lowest BCUT2D eigenvalue weighted by molar-refractivity contribution is -0.144. The molecule has 176 valence electrons. The normalized spacial score (nSPS) is 35.4. The van der Waals surface area contributed by atoms with E-state index in [4.69, 9.17) is 14.2 Å². The molecule has 2 unspecified atom stereocenters. The van der Waals surface area contributed by atoms with E-state index in [9.17, 15) is 13.2 Å². The van der Waals surface area contributed by atoms with Gasteiger partial charge in [-0.25, -0.2) is 13.1 Å². The van der Waals surface area contributed by atoms with Crippen molar-refractivity contribution in [3.05, 3.63) is 29.8 Å². The number of rotatable bonds is 0. The molecule has 1 aromatic carbocycles. The number of hydrogen-bond acceptors (Lipinski definition) is 6. The third kappa shape index (κ3) is 4.40. The molecule has 2 bridgehead atoms. The minimum atomic E-state index is -3.55. The Morgan fingerprint density at radius 2 is 1.94 bits per heavy atom. The number of fused-ring (bicyclic) bond motifs is 6. The highest BCUT2D eigenvalue weighted by molar-refractivity contribution is 7.89. The van der Waals surface area contributed by atoms with Crippen LogP contribution in [-0.4, -0.2) is 69.2 Å². The van der Waals surface area contributed by atoms with Crippen molar-refractivity contribution in [2.45, 2.75) is 68.5 Å². The van der Waals surface area contributed by atoms with E-state index >= 15 is 0 Å². The van der Waals surface area contributed by atoms with Crippen LogP contribution in [0.2, 0.25) is 0 Å². The molecule has 32 heavy (non-hydrogen) atoms. The SMILES string of the molecule is O=C1CCOc2ccccc2C2CCC(CC2)OCC2N1CCCC21COCS(=O)(=O)N1. The number of nitrogens with one attached hydrogen (secondary N) is 1. The lowest BCUT2D eigenvalue weighted by atomic mass is 9.81. The fraction of sp³-hybridized carbons (Fsp3) is 0.696. The summed E-state index contributed by atoms with van der Waals surface area (Å²) in [7, 11) is -3.55. The molecule has 9 heteroatoms. The first-order valence-corrected chi connectivity index (χ1v) is 13.3. The molecule has 1 N–H and O–H groups in total. The van der Waals surface area contributed by atoms with E-state index in [2.05, 4.69) is 10.8 Å². The zero-order chi connectivity index (χ0) is 22.2. The molecule has 1 aromatic rings. The maximum Gasteiger partial charge on any atom is 0.236 e. The van der Waals surface area contributed by atoms with E-state index in [1.54, 1.807) is 4.90 Å². The van der Waals surface area contributed by atoms with Gasteiger partial charge >= 0.3 is 0 Å². The van der Waals surface area contributed by atoms with Crippen molar-refractivity contribution in [2.24, 2.45) is 0 Å². The minimum absolute atomic E-state index is 0.0397. The summed E-state index contributed by atoms with van der Waals surface area (Å²) in [6, 6.07) is 7.74. The van der Waals surface area contributed by atoms with Crippen molar-refractivity contribution < 1.29 is 27.4 Å². The van der Waals surface area contributed by atoms with Gasteiger partial charge in [-0.05, 0) is 56.1 Å². The number of piperidine rings is 1. The van der Waals surface area contributed by atoms with Crippen LogP contribution in [0.4, 0.5) is 0 Å². The fourth-order valence-electron chi connectivity index (χ4n) is 5.83. The van der Waals surface area contributed by atoms with E-state index in [0.29, 0.717) is 38.5 Å². The lowest BCUT2D eigenvalue weighted by Gasteiger charge is -2.51. The van der Waals surface area contributed by atoms with Crippen LogP contribution in [0.1, 0.15) is 56.4 Å². The van der Waals surface area contributed by atoms with Crippen molar-refractivity contribution in [2.75, 3.05) is 32.3 Å². The summed E-state index contributed by atoms with van der Waals surface area (Å²) in [4.78, 5) is 15.0. The molecule has 1 aliphatic carbocycles. The van der Waals surface area contributed by atoms with Gasteiger partial charge in [-0.3, -0.25) is 4.79 Å². The summed E-state index contributed by atoms with van der Waals surface area (Å²) in [6.45, 7) is 1.44. The Balaban J connectivity index is 1.43.